The molecule has 0 aliphatic carbocycles. The third-order valence-electron chi connectivity index (χ3n) is 3.94. The topological polar surface area (TPSA) is 70.2 Å². The number of piperidine rings is 1. The first kappa shape index (κ1) is 16.7. The summed E-state index contributed by atoms with van der Waals surface area (Å²) >= 11 is 3.48. The van der Waals surface area contributed by atoms with Gasteiger partial charge < -0.3 is 15.5 Å². The molecule has 2 heterocycles. The van der Waals surface area contributed by atoms with Crippen LogP contribution >= 0.6 is 15.9 Å². The molecule has 2 amide bonds. The Balaban J connectivity index is 1.52. The summed E-state index contributed by atoms with van der Waals surface area (Å²) in [6, 6.07) is 8.29. The van der Waals surface area contributed by atoms with Gasteiger partial charge in [0.25, 0.3) is 0 Å². The van der Waals surface area contributed by atoms with Crippen LogP contribution in [0, 0.1) is 0 Å². The van der Waals surface area contributed by atoms with Crippen molar-refractivity contribution >= 4 is 27.6 Å². The van der Waals surface area contributed by atoms with E-state index in [1.807, 2.05) is 29.2 Å². The lowest BCUT2D eigenvalue weighted by molar-refractivity contribution is 0.182. The molecule has 0 bridgehead atoms. The lowest BCUT2D eigenvalue weighted by atomic mass is 10.1. The van der Waals surface area contributed by atoms with Crippen LogP contribution in [-0.2, 0) is 6.54 Å². The van der Waals surface area contributed by atoms with Gasteiger partial charge in [-0.2, -0.15) is 0 Å². The van der Waals surface area contributed by atoms with E-state index in [1.165, 1.54) is 0 Å². The maximum atomic E-state index is 12.4. The Bertz CT molecular complexity index is 682. The van der Waals surface area contributed by atoms with Crippen LogP contribution in [0.25, 0.3) is 0 Å². The predicted molar refractivity (Wildman–Crippen MR) is 96.6 cm³/mol. The van der Waals surface area contributed by atoms with Gasteiger partial charge in [-0.1, -0.05) is 22.0 Å². The van der Waals surface area contributed by atoms with Crippen molar-refractivity contribution in [1.29, 1.82) is 0 Å². The van der Waals surface area contributed by atoms with Crippen LogP contribution in [-0.4, -0.2) is 40.0 Å². The molecule has 1 fully saturated rings. The Hall–Kier alpha value is -2.15. The molecular weight excluding hydrogens is 370 g/mol. The fourth-order valence-electron chi connectivity index (χ4n) is 2.79. The average molecular weight is 390 g/mol. The Morgan fingerprint density at radius 3 is 3.08 bits per heavy atom. The molecule has 1 aliphatic heterocycles. The molecule has 1 unspecified atom stereocenters. The molecule has 126 valence electrons. The van der Waals surface area contributed by atoms with Gasteiger partial charge in [-0.25, -0.2) is 4.79 Å². The molecule has 0 spiro atoms. The zero-order valence-corrected chi connectivity index (χ0v) is 14.9. The first-order valence-electron chi connectivity index (χ1n) is 8.00. The van der Waals surface area contributed by atoms with E-state index in [4.69, 9.17) is 0 Å². The van der Waals surface area contributed by atoms with Crippen LogP contribution in [0.4, 0.5) is 10.5 Å². The first-order valence-corrected chi connectivity index (χ1v) is 8.80. The molecule has 7 heteroatoms. The average Bonchev–Trinajstić information content (AvgIpc) is 2.61. The fraction of sp³-hybridized carbons (Fsp3) is 0.353. The SMILES string of the molecule is O=C(NCc1cnccn1)N1CCCC(Nc2cccc(Br)c2)C1. The summed E-state index contributed by atoms with van der Waals surface area (Å²) in [6.07, 6.45) is 6.95. The third kappa shape index (κ3) is 4.67. The maximum Gasteiger partial charge on any atom is 0.317 e. The number of carbonyl (C=O) groups is 1. The molecule has 2 N–H and O–H groups in total. The van der Waals surface area contributed by atoms with Crippen molar-refractivity contribution in [1.82, 2.24) is 20.2 Å². The summed E-state index contributed by atoms with van der Waals surface area (Å²) in [5, 5.41) is 6.42. The second-order valence-electron chi connectivity index (χ2n) is 5.80. The first-order chi connectivity index (χ1) is 11.7. The Kier molecular flexibility index (Phi) is 5.63. The number of carbonyl (C=O) groups excluding carboxylic acids is 1. The van der Waals surface area contributed by atoms with Crippen LogP contribution in [0.1, 0.15) is 18.5 Å². The van der Waals surface area contributed by atoms with Crippen molar-refractivity contribution in [2.45, 2.75) is 25.4 Å². The van der Waals surface area contributed by atoms with Gasteiger partial charge >= 0.3 is 6.03 Å². The van der Waals surface area contributed by atoms with Crippen LogP contribution in [0.2, 0.25) is 0 Å². The van der Waals surface area contributed by atoms with Gasteiger partial charge in [0.15, 0.2) is 0 Å². The maximum absolute atomic E-state index is 12.4. The molecule has 1 aromatic carbocycles. The molecular formula is C17H20BrN5O. The number of halogens is 1. The van der Waals surface area contributed by atoms with E-state index < -0.39 is 0 Å². The van der Waals surface area contributed by atoms with E-state index in [0.717, 1.165) is 35.2 Å². The molecule has 6 nitrogen and oxygen atoms in total. The highest BCUT2D eigenvalue weighted by molar-refractivity contribution is 9.10. The van der Waals surface area contributed by atoms with E-state index >= 15 is 0 Å². The van der Waals surface area contributed by atoms with Gasteiger partial charge in [-0.3, -0.25) is 9.97 Å². The van der Waals surface area contributed by atoms with E-state index in [9.17, 15) is 4.79 Å². The smallest absolute Gasteiger partial charge is 0.317 e. The number of hydrogen-bond acceptors (Lipinski definition) is 4. The molecule has 0 radical (unpaired) electrons. The lowest BCUT2D eigenvalue weighted by Crippen LogP contribution is -2.48. The summed E-state index contributed by atoms with van der Waals surface area (Å²) in [7, 11) is 0. The predicted octanol–water partition coefficient (Wildman–Crippen LogP) is 3.03. The molecule has 2 aromatic rings. The molecule has 3 rings (SSSR count). The number of urea groups is 1. The van der Waals surface area contributed by atoms with Crippen molar-refractivity contribution in [3.8, 4) is 0 Å². The van der Waals surface area contributed by atoms with E-state index in [0.29, 0.717) is 13.1 Å². The number of nitrogens with one attached hydrogen (secondary N) is 2. The number of anilines is 1. The summed E-state index contributed by atoms with van der Waals surface area (Å²) in [4.78, 5) is 22.4. The third-order valence-corrected chi connectivity index (χ3v) is 4.43. The number of nitrogens with zero attached hydrogens (tertiary/aromatic N) is 3. The summed E-state index contributed by atoms with van der Waals surface area (Å²) < 4.78 is 1.04. The highest BCUT2D eigenvalue weighted by atomic mass is 79.9. The lowest BCUT2D eigenvalue weighted by Gasteiger charge is -2.33. The minimum absolute atomic E-state index is 0.0543. The zero-order chi connectivity index (χ0) is 16.8. The standard InChI is InChI=1S/C17H20BrN5O/c18-13-3-1-4-14(9-13)22-15-5-2-8-23(12-15)17(24)21-11-16-10-19-6-7-20-16/h1,3-4,6-7,9-10,15,22H,2,5,8,11-12H2,(H,21,24). The Morgan fingerprint density at radius 1 is 1.38 bits per heavy atom. The van der Waals surface area contributed by atoms with E-state index in [2.05, 4.69) is 36.5 Å². The Labute approximate surface area is 149 Å². The number of hydrogen-bond donors (Lipinski definition) is 2. The number of rotatable bonds is 4. The number of aromatic nitrogens is 2. The van der Waals surface area contributed by atoms with Crippen LogP contribution in [0.15, 0.2) is 47.3 Å². The molecule has 1 saturated heterocycles. The minimum atomic E-state index is -0.0543. The van der Waals surface area contributed by atoms with Crippen molar-refractivity contribution < 1.29 is 4.79 Å². The zero-order valence-electron chi connectivity index (χ0n) is 13.3. The monoisotopic (exact) mass is 389 g/mol. The van der Waals surface area contributed by atoms with Crippen molar-refractivity contribution in [3.05, 3.63) is 53.0 Å². The van der Waals surface area contributed by atoms with Crippen LogP contribution < -0.4 is 10.6 Å². The Morgan fingerprint density at radius 2 is 2.29 bits per heavy atom. The summed E-state index contributed by atoms with van der Waals surface area (Å²) in [5.74, 6) is 0. The highest BCUT2D eigenvalue weighted by Crippen LogP contribution is 2.19. The summed E-state index contributed by atoms with van der Waals surface area (Å²) in [5.41, 5.74) is 1.82. The van der Waals surface area contributed by atoms with Gasteiger partial charge in [0.1, 0.15) is 0 Å². The molecule has 1 atom stereocenters. The quantitative estimate of drug-likeness (QED) is 0.842. The number of likely N-dealkylation sites (tertiary alicyclic amines) is 1. The molecule has 0 saturated carbocycles. The highest BCUT2D eigenvalue weighted by Gasteiger charge is 2.23. The fourth-order valence-corrected chi connectivity index (χ4v) is 3.19. The molecule has 24 heavy (non-hydrogen) atoms. The summed E-state index contributed by atoms with van der Waals surface area (Å²) in [6.45, 7) is 1.87. The van der Waals surface area contributed by atoms with Gasteiger partial charge in [0.05, 0.1) is 18.4 Å². The van der Waals surface area contributed by atoms with E-state index in [-0.39, 0.29) is 12.1 Å². The largest absolute Gasteiger partial charge is 0.380 e. The second-order valence-corrected chi connectivity index (χ2v) is 6.71. The number of amides is 2. The second kappa shape index (κ2) is 8.10. The van der Waals surface area contributed by atoms with Gasteiger partial charge in [-0.05, 0) is 31.0 Å². The van der Waals surface area contributed by atoms with Crippen molar-refractivity contribution in [2.24, 2.45) is 0 Å². The van der Waals surface area contributed by atoms with Crippen LogP contribution in [0.5, 0.6) is 0 Å². The normalized spacial score (nSPS) is 17.4. The van der Waals surface area contributed by atoms with Crippen LogP contribution in [0.3, 0.4) is 0 Å². The van der Waals surface area contributed by atoms with E-state index in [1.54, 1.807) is 18.6 Å². The van der Waals surface area contributed by atoms with Gasteiger partial charge in [-0.15, -0.1) is 0 Å². The number of benzene rings is 1. The van der Waals surface area contributed by atoms with Gasteiger partial charge in [0, 0.05) is 41.7 Å². The van der Waals surface area contributed by atoms with Gasteiger partial charge in [0.2, 0.25) is 0 Å². The van der Waals surface area contributed by atoms with Crippen molar-refractivity contribution in [2.75, 3.05) is 18.4 Å². The van der Waals surface area contributed by atoms with Crippen molar-refractivity contribution in [3.63, 3.8) is 0 Å². The minimum Gasteiger partial charge on any atom is -0.380 e. The molecule has 1 aliphatic rings. The molecule has 1 aromatic heterocycles.